The summed E-state index contributed by atoms with van der Waals surface area (Å²) in [6.45, 7) is 12.7. The normalized spacial score (nSPS) is 34.1. The van der Waals surface area contributed by atoms with Gasteiger partial charge in [0.1, 0.15) is 0 Å². The highest BCUT2D eigenvalue weighted by Crippen LogP contribution is 2.23. The highest BCUT2D eigenvalue weighted by Gasteiger charge is 2.41. The van der Waals surface area contributed by atoms with E-state index >= 15 is 0 Å². The Kier molecular flexibility index (Phi) is 5.14. The topological polar surface area (TPSA) is 36.9 Å². The molecule has 0 spiro atoms. The molecule has 1 aliphatic heterocycles. The molecule has 0 unspecified atom stereocenters. The Balaban J connectivity index is 2.78. The first-order valence-electron chi connectivity index (χ1n) is 5.99. The van der Waals surface area contributed by atoms with E-state index in [1.165, 1.54) is 0 Å². The van der Waals surface area contributed by atoms with Crippen molar-refractivity contribution < 1.29 is 16.5 Å². The van der Waals surface area contributed by atoms with Crippen LogP contribution in [0.25, 0.3) is 0 Å². The van der Waals surface area contributed by atoms with Crippen LogP contribution >= 0.6 is 0 Å². The molecule has 16 heavy (non-hydrogen) atoms. The van der Waals surface area contributed by atoms with Crippen LogP contribution < -0.4 is 0 Å². The molecule has 96 valence electrons. The maximum Gasteiger partial charge on any atom is 0.313 e. The summed E-state index contributed by atoms with van der Waals surface area (Å²) in [6.07, 6.45) is 0. The fraction of sp³-hybridized carbons (Fsp3) is 1.00. The largest absolute Gasteiger partial charge is 0.418 e. The fourth-order valence-corrected chi connectivity index (χ4v) is 17.2. The van der Waals surface area contributed by atoms with Gasteiger partial charge in [-0.3, -0.25) is 0 Å². The molecular weight excluding hydrogens is 272 g/mol. The zero-order valence-corrected chi connectivity index (χ0v) is 15.5. The smallest absolute Gasteiger partial charge is 0.313 e. The number of rotatable bonds is 2. The van der Waals surface area contributed by atoms with Crippen LogP contribution in [0.15, 0.2) is 0 Å². The molecule has 4 nitrogen and oxygen atoms in total. The van der Waals surface area contributed by atoms with Gasteiger partial charge in [-0.05, 0) is 38.3 Å². The predicted molar refractivity (Wildman–Crippen MR) is 74.6 cm³/mol. The van der Waals surface area contributed by atoms with Gasteiger partial charge in [0.2, 0.25) is 0 Å². The van der Waals surface area contributed by atoms with Crippen LogP contribution in [0.5, 0.6) is 0 Å². The van der Waals surface area contributed by atoms with Gasteiger partial charge in [-0.25, -0.2) is 0 Å². The van der Waals surface area contributed by atoms with E-state index in [9.17, 15) is 0 Å². The summed E-state index contributed by atoms with van der Waals surface area (Å²) in [4.78, 5) is 0. The van der Waals surface area contributed by atoms with Crippen molar-refractivity contribution in [2.45, 2.75) is 52.1 Å². The molecule has 0 atom stereocenters. The van der Waals surface area contributed by atoms with Crippen molar-refractivity contribution in [2.24, 2.45) is 0 Å². The van der Waals surface area contributed by atoms with E-state index in [0.717, 1.165) is 12.1 Å². The molecule has 0 saturated carbocycles. The Morgan fingerprint density at radius 3 is 1.12 bits per heavy atom. The second-order valence-electron chi connectivity index (χ2n) is 4.95. The molecule has 0 aromatic carbocycles. The predicted octanol–water partition coefficient (Wildman–Crippen LogP) is 1.95. The molecule has 1 heterocycles. The molecule has 1 rings (SSSR count). The Hall–Kier alpha value is 0.708. The van der Waals surface area contributed by atoms with Crippen LogP contribution in [0, 0.1) is 0 Å². The monoisotopic (exact) mass is 296 g/mol. The maximum absolute atomic E-state index is 6.12. The average molecular weight is 297 g/mol. The van der Waals surface area contributed by atoms with Gasteiger partial charge in [0.05, 0.1) is 0 Å². The summed E-state index contributed by atoms with van der Waals surface area (Å²) in [5.41, 5.74) is 0. The summed E-state index contributed by atoms with van der Waals surface area (Å²) in [5.74, 6) is 0. The highest BCUT2D eigenvalue weighted by molar-refractivity contribution is 6.84. The molecule has 1 saturated heterocycles. The molecule has 8 heteroatoms. The van der Waals surface area contributed by atoms with Gasteiger partial charge >= 0.3 is 35.7 Å². The van der Waals surface area contributed by atoms with Gasteiger partial charge in [-0.15, -0.1) is 0 Å². The molecule has 0 bridgehead atoms. The minimum absolute atomic E-state index is 0.984. The summed E-state index contributed by atoms with van der Waals surface area (Å²) in [7, 11) is -7.16. The minimum atomic E-state index is -2.01. The van der Waals surface area contributed by atoms with Gasteiger partial charge < -0.3 is 16.5 Å². The average Bonchev–Trinajstić information content (AvgIpc) is 2.12. The van der Waals surface area contributed by atoms with Crippen molar-refractivity contribution in [1.29, 1.82) is 0 Å². The zero-order chi connectivity index (χ0) is 12.4. The molecule has 0 amide bonds. The van der Waals surface area contributed by atoms with Crippen LogP contribution in [-0.4, -0.2) is 35.7 Å². The van der Waals surface area contributed by atoms with Crippen LogP contribution in [-0.2, 0) is 16.5 Å². The Labute approximate surface area is 104 Å². The Morgan fingerprint density at radius 2 is 0.938 bits per heavy atom. The van der Waals surface area contributed by atoms with E-state index in [-0.39, 0.29) is 0 Å². The molecule has 1 fully saturated rings. The summed E-state index contributed by atoms with van der Waals surface area (Å²) >= 11 is 0. The summed E-state index contributed by atoms with van der Waals surface area (Å²) in [5, 5.41) is 0. The van der Waals surface area contributed by atoms with Crippen LogP contribution in [0.1, 0.15) is 13.8 Å². The Bertz CT molecular complexity index is 196. The maximum atomic E-state index is 6.12. The Morgan fingerprint density at radius 1 is 0.688 bits per heavy atom. The molecule has 0 aromatic rings. The van der Waals surface area contributed by atoms with E-state index in [1.54, 1.807) is 0 Å². The first-order chi connectivity index (χ1) is 7.28. The lowest BCUT2D eigenvalue weighted by molar-refractivity contribution is 0.260. The first-order valence-corrected chi connectivity index (χ1v) is 15.1. The molecule has 0 radical (unpaired) electrons. The van der Waals surface area contributed by atoms with E-state index in [4.69, 9.17) is 16.5 Å². The van der Waals surface area contributed by atoms with Crippen LogP contribution in [0.2, 0.25) is 38.3 Å². The lowest BCUT2D eigenvalue weighted by Gasteiger charge is -2.40. The SMILES string of the molecule is CC[SiH]1O[Si](C)(C)O[SiH](CC)O[Si](C)(C)O1. The van der Waals surface area contributed by atoms with Gasteiger partial charge in [0.15, 0.2) is 0 Å². The molecular formula is C8H24O4Si4. The zero-order valence-electron chi connectivity index (χ0n) is 11.2. The fourth-order valence-electron chi connectivity index (χ4n) is 1.70. The molecule has 0 aromatic heterocycles. The first kappa shape index (κ1) is 14.8. The molecule has 0 aliphatic carbocycles. The van der Waals surface area contributed by atoms with E-state index < -0.39 is 35.7 Å². The van der Waals surface area contributed by atoms with Crippen LogP contribution in [0.3, 0.4) is 0 Å². The standard InChI is InChI=1S/C8H24O4Si4/c1-7-13-9-15(3,4)11-14(8-2)12-16(5,6)10-13/h13-14H,7-8H2,1-6H3. The lowest BCUT2D eigenvalue weighted by atomic mass is 11.0. The lowest BCUT2D eigenvalue weighted by Crippen LogP contribution is -2.56. The van der Waals surface area contributed by atoms with Crippen molar-refractivity contribution in [3.8, 4) is 0 Å². The van der Waals surface area contributed by atoms with Gasteiger partial charge in [0, 0.05) is 0 Å². The van der Waals surface area contributed by atoms with Crippen molar-refractivity contribution in [3.05, 3.63) is 0 Å². The second kappa shape index (κ2) is 5.57. The molecule has 1 aliphatic rings. The van der Waals surface area contributed by atoms with Gasteiger partial charge in [-0.2, -0.15) is 0 Å². The van der Waals surface area contributed by atoms with Crippen LogP contribution in [0.4, 0.5) is 0 Å². The summed E-state index contributed by atoms with van der Waals surface area (Å²) in [6, 6.07) is 1.97. The van der Waals surface area contributed by atoms with Crippen molar-refractivity contribution in [1.82, 2.24) is 0 Å². The van der Waals surface area contributed by atoms with Crippen molar-refractivity contribution in [2.75, 3.05) is 0 Å². The van der Waals surface area contributed by atoms with Crippen molar-refractivity contribution in [3.63, 3.8) is 0 Å². The van der Waals surface area contributed by atoms with E-state index in [0.29, 0.717) is 0 Å². The third kappa shape index (κ3) is 4.53. The minimum Gasteiger partial charge on any atom is -0.418 e. The molecule has 0 N–H and O–H groups in total. The van der Waals surface area contributed by atoms with Gasteiger partial charge in [0.25, 0.3) is 0 Å². The van der Waals surface area contributed by atoms with Gasteiger partial charge in [-0.1, -0.05) is 13.8 Å². The van der Waals surface area contributed by atoms with Crippen molar-refractivity contribution >= 4 is 35.7 Å². The second-order valence-corrected chi connectivity index (χ2v) is 17.7. The summed E-state index contributed by atoms with van der Waals surface area (Å²) < 4.78 is 24.5. The third-order valence-electron chi connectivity index (χ3n) is 2.33. The number of hydrogen-bond acceptors (Lipinski definition) is 4. The van der Waals surface area contributed by atoms with E-state index in [1.807, 2.05) is 0 Å². The highest BCUT2D eigenvalue weighted by atomic mass is 28.5. The third-order valence-corrected chi connectivity index (χ3v) is 16.9. The number of hydrogen-bond donors (Lipinski definition) is 0. The quantitative estimate of drug-likeness (QED) is 0.730. The van der Waals surface area contributed by atoms with E-state index in [2.05, 4.69) is 40.0 Å².